The topological polar surface area (TPSA) is 35.5 Å². The summed E-state index contributed by atoms with van der Waals surface area (Å²) in [5, 5.41) is 0.854. The Morgan fingerprint density at radius 2 is 2.04 bits per heavy atom. The first-order chi connectivity index (χ1) is 12.6. The van der Waals surface area contributed by atoms with Gasteiger partial charge in [-0.25, -0.2) is 4.39 Å². The average Bonchev–Trinajstić information content (AvgIpc) is 3.04. The van der Waals surface area contributed by atoms with Crippen LogP contribution in [0.3, 0.4) is 0 Å². The maximum absolute atomic E-state index is 13.5. The van der Waals surface area contributed by atoms with Crippen molar-refractivity contribution in [3.8, 4) is 11.5 Å². The lowest BCUT2D eigenvalue weighted by molar-refractivity contribution is 0.351. The van der Waals surface area contributed by atoms with Gasteiger partial charge in [0.1, 0.15) is 5.82 Å². The summed E-state index contributed by atoms with van der Waals surface area (Å²) >= 11 is 3.20. The zero-order chi connectivity index (χ0) is 18.3. The van der Waals surface area contributed by atoms with Gasteiger partial charge in [-0.3, -0.25) is 4.79 Å². The number of ether oxygens (including phenoxy) is 2. The summed E-state index contributed by atoms with van der Waals surface area (Å²) in [6.45, 7) is 0. The zero-order valence-corrected chi connectivity index (χ0v) is 16.0. The van der Waals surface area contributed by atoms with E-state index in [0.717, 1.165) is 27.5 Å². The summed E-state index contributed by atoms with van der Waals surface area (Å²) in [6, 6.07) is 10.2. The van der Waals surface area contributed by atoms with E-state index in [-0.39, 0.29) is 16.5 Å². The van der Waals surface area contributed by atoms with Crippen LogP contribution in [-0.2, 0) is 12.8 Å². The minimum Gasteiger partial charge on any atom is -0.493 e. The summed E-state index contributed by atoms with van der Waals surface area (Å²) < 4.78 is 26.1. The number of rotatable bonds is 4. The summed E-state index contributed by atoms with van der Waals surface area (Å²) in [5.74, 6) is 1.14. The predicted octanol–water partition coefficient (Wildman–Crippen LogP) is 4.68. The van der Waals surface area contributed by atoms with Gasteiger partial charge < -0.3 is 9.47 Å². The Balaban J connectivity index is 1.67. The molecule has 0 bridgehead atoms. The third kappa shape index (κ3) is 2.97. The normalized spacial score (nSPS) is 15.9. The lowest BCUT2D eigenvalue weighted by Crippen LogP contribution is -2.12. The number of methoxy groups -OCH3 is 2. The maximum atomic E-state index is 13.5. The molecule has 6 heteroatoms. The molecule has 0 fully saturated rings. The average molecular weight is 388 g/mol. The van der Waals surface area contributed by atoms with E-state index in [9.17, 15) is 9.18 Å². The van der Waals surface area contributed by atoms with Crippen molar-refractivity contribution in [3.05, 3.63) is 63.6 Å². The predicted molar refractivity (Wildman–Crippen MR) is 105 cm³/mol. The number of thioether (sulfide) groups is 1. The van der Waals surface area contributed by atoms with E-state index >= 15 is 0 Å². The molecule has 4 rings (SSSR count). The molecular weight excluding hydrogens is 371 g/mol. The number of hydrogen-bond donors (Lipinski definition) is 0. The van der Waals surface area contributed by atoms with Gasteiger partial charge in [-0.2, -0.15) is 0 Å². The standard InChI is InChI=1S/C20H17FO3S2/c1-23-16-5-3-4-11(19(16)24-2)8-13-10-15-18(22)14-7-6-12(21)9-17(14)26-20(15)25-13/h3-7,9,13H,8,10H2,1-2H3. The number of benzene rings is 2. The van der Waals surface area contributed by atoms with E-state index in [1.165, 1.54) is 23.5 Å². The molecule has 1 aliphatic rings. The van der Waals surface area contributed by atoms with Crippen molar-refractivity contribution >= 4 is 33.2 Å². The molecule has 2 aromatic carbocycles. The molecule has 0 radical (unpaired) electrons. The van der Waals surface area contributed by atoms with Crippen molar-refractivity contribution in [3.63, 3.8) is 0 Å². The molecule has 0 saturated heterocycles. The molecule has 26 heavy (non-hydrogen) atoms. The first-order valence-corrected chi connectivity index (χ1v) is 9.92. The quantitative estimate of drug-likeness (QED) is 0.650. The molecule has 1 aliphatic heterocycles. The minimum absolute atomic E-state index is 0.0290. The first-order valence-electron chi connectivity index (χ1n) is 8.22. The number of halogens is 1. The molecule has 0 spiro atoms. The molecule has 1 aromatic heterocycles. The molecule has 0 N–H and O–H groups in total. The molecule has 0 aliphatic carbocycles. The largest absolute Gasteiger partial charge is 0.493 e. The van der Waals surface area contributed by atoms with Gasteiger partial charge in [0.2, 0.25) is 0 Å². The second kappa shape index (κ2) is 6.93. The summed E-state index contributed by atoms with van der Waals surface area (Å²) in [4.78, 5) is 12.8. The lowest BCUT2D eigenvalue weighted by Gasteiger charge is -2.14. The fraction of sp³-hybridized carbons (Fsp3) is 0.250. The van der Waals surface area contributed by atoms with Crippen LogP contribution >= 0.6 is 23.1 Å². The Morgan fingerprint density at radius 3 is 2.81 bits per heavy atom. The van der Waals surface area contributed by atoms with Gasteiger partial charge in [0, 0.05) is 20.9 Å². The summed E-state index contributed by atoms with van der Waals surface area (Å²) in [7, 11) is 3.26. The van der Waals surface area contributed by atoms with E-state index in [1.54, 1.807) is 32.0 Å². The lowest BCUT2D eigenvalue weighted by atomic mass is 10.0. The number of hydrogen-bond acceptors (Lipinski definition) is 5. The van der Waals surface area contributed by atoms with Gasteiger partial charge in [-0.1, -0.05) is 12.1 Å². The van der Waals surface area contributed by atoms with E-state index in [0.29, 0.717) is 22.3 Å². The fourth-order valence-electron chi connectivity index (χ4n) is 3.35. The summed E-state index contributed by atoms with van der Waals surface area (Å²) in [5.41, 5.74) is 1.94. The monoisotopic (exact) mass is 388 g/mol. The van der Waals surface area contributed by atoms with Crippen molar-refractivity contribution < 1.29 is 13.9 Å². The van der Waals surface area contributed by atoms with Gasteiger partial charge in [-0.15, -0.1) is 23.1 Å². The second-order valence-electron chi connectivity index (χ2n) is 6.14. The van der Waals surface area contributed by atoms with Crippen LogP contribution in [0.4, 0.5) is 4.39 Å². The second-order valence-corrected chi connectivity index (χ2v) is 8.76. The Labute approximate surface area is 158 Å². The third-order valence-corrected chi connectivity index (χ3v) is 7.20. The van der Waals surface area contributed by atoms with Crippen LogP contribution in [0.15, 0.2) is 45.4 Å². The molecule has 3 aromatic rings. The molecular formula is C20H17FO3S2. The molecule has 0 amide bonds. The van der Waals surface area contributed by atoms with Crippen molar-refractivity contribution in [1.82, 2.24) is 0 Å². The fourth-order valence-corrected chi connectivity index (χ4v) is 6.30. The van der Waals surface area contributed by atoms with Crippen molar-refractivity contribution in [1.29, 1.82) is 0 Å². The third-order valence-electron chi connectivity index (χ3n) is 4.55. The molecule has 3 nitrogen and oxygen atoms in total. The highest BCUT2D eigenvalue weighted by atomic mass is 32.2. The maximum Gasteiger partial charge on any atom is 0.192 e. The van der Waals surface area contributed by atoms with Gasteiger partial charge in [0.15, 0.2) is 16.9 Å². The van der Waals surface area contributed by atoms with Crippen molar-refractivity contribution in [2.24, 2.45) is 0 Å². The van der Waals surface area contributed by atoms with E-state index in [2.05, 4.69) is 0 Å². The van der Waals surface area contributed by atoms with Crippen molar-refractivity contribution in [2.75, 3.05) is 14.2 Å². The van der Waals surface area contributed by atoms with Gasteiger partial charge in [-0.05, 0) is 42.7 Å². The Kier molecular flexibility index (Phi) is 4.63. The summed E-state index contributed by atoms with van der Waals surface area (Å²) in [6.07, 6.45) is 1.49. The highest BCUT2D eigenvalue weighted by Gasteiger charge is 2.28. The number of para-hydroxylation sites is 1. The van der Waals surface area contributed by atoms with Crippen LogP contribution in [0.5, 0.6) is 11.5 Å². The van der Waals surface area contributed by atoms with E-state index < -0.39 is 0 Å². The Hall–Kier alpha value is -2.05. The van der Waals surface area contributed by atoms with Crippen LogP contribution in [0.2, 0.25) is 0 Å². The molecule has 0 saturated carbocycles. The highest BCUT2D eigenvalue weighted by Crippen LogP contribution is 2.43. The molecule has 2 heterocycles. The van der Waals surface area contributed by atoms with Gasteiger partial charge in [0.25, 0.3) is 0 Å². The highest BCUT2D eigenvalue weighted by molar-refractivity contribution is 8.02. The van der Waals surface area contributed by atoms with Crippen LogP contribution < -0.4 is 14.9 Å². The van der Waals surface area contributed by atoms with E-state index in [1.807, 2.05) is 18.2 Å². The Morgan fingerprint density at radius 1 is 1.19 bits per heavy atom. The minimum atomic E-state index is -0.311. The van der Waals surface area contributed by atoms with Crippen LogP contribution in [-0.4, -0.2) is 19.5 Å². The SMILES string of the molecule is COc1cccc(CC2Cc3c(sc4cc(F)ccc4c3=O)S2)c1OC. The van der Waals surface area contributed by atoms with Gasteiger partial charge >= 0.3 is 0 Å². The van der Waals surface area contributed by atoms with Crippen LogP contribution in [0.25, 0.3) is 10.1 Å². The molecule has 134 valence electrons. The first kappa shape index (κ1) is 17.4. The smallest absolute Gasteiger partial charge is 0.192 e. The van der Waals surface area contributed by atoms with Crippen LogP contribution in [0, 0.1) is 5.82 Å². The van der Waals surface area contributed by atoms with Crippen LogP contribution in [0.1, 0.15) is 11.1 Å². The molecule has 1 atom stereocenters. The van der Waals surface area contributed by atoms with Gasteiger partial charge in [0.05, 0.1) is 18.4 Å². The zero-order valence-electron chi connectivity index (χ0n) is 14.4. The van der Waals surface area contributed by atoms with E-state index in [4.69, 9.17) is 9.47 Å². The van der Waals surface area contributed by atoms with Crippen molar-refractivity contribution in [2.45, 2.75) is 22.3 Å². The molecule has 1 unspecified atom stereocenters. The number of fused-ring (bicyclic) bond motifs is 2. The Bertz CT molecular complexity index is 1050.